The lowest BCUT2D eigenvalue weighted by atomic mass is 9.98. The second-order valence-corrected chi connectivity index (χ2v) is 8.01. The summed E-state index contributed by atoms with van der Waals surface area (Å²) in [5.74, 6) is 0.800. The normalized spacial score (nSPS) is 14.2. The van der Waals surface area contributed by atoms with Crippen molar-refractivity contribution in [3.05, 3.63) is 82.1 Å². The Labute approximate surface area is 184 Å². The molecule has 30 heavy (non-hydrogen) atoms. The molecule has 154 valence electrons. The Balaban J connectivity index is 1.21. The van der Waals surface area contributed by atoms with E-state index in [1.165, 1.54) is 5.56 Å². The lowest BCUT2D eigenvalue weighted by Gasteiger charge is -2.38. The molecule has 8 heteroatoms. The highest BCUT2D eigenvalue weighted by molar-refractivity contribution is 6.42. The van der Waals surface area contributed by atoms with Gasteiger partial charge in [0.2, 0.25) is 5.91 Å². The van der Waals surface area contributed by atoms with Gasteiger partial charge in [-0.2, -0.15) is 10.2 Å². The fourth-order valence-electron chi connectivity index (χ4n) is 3.22. The van der Waals surface area contributed by atoms with Gasteiger partial charge in [0.25, 0.3) is 0 Å². The molecule has 6 nitrogen and oxygen atoms in total. The number of carbonyl (C=O) groups excluding carboxylic acids is 1. The molecule has 2 aromatic carbocycles. The molecule has 2 heterocycles. The van der Waals surface area contributed by atoms with E-state index in [0.717, 1.165) is 30.9 Å². The molecule has 1 aliphatic rings. The maximum atomic E-state index is 12.2. The van der Waals surface area contributed by atoms with E-state index in [2.05, 4.69) is 20.4 Å². The van der Waals surface area contributed by atoms with Gasteiger partial charge in [-0.3, -0.25) is 9.69 Å². The Bertz CT molecular complexity index is 1010. The van der Waals surface area contributed by atoms with E-state index in [1.54, 1.807) is 30.6 Å². The van der Waals surface area contributed by atoms with Crippen LogP contribution in [0.4, 0.5) is 5.69 Å². The van der Waals surface area contributed by atoms with Gasteiger partial charge in [0, 0.05) is 19.6 Å². The number of ether oxygens (including phenoxy) is 1. The third-order valence-electron chi connectivity index (χ3n) is 4.90. The van der Waals surface area contributed by atoms with Crippen LogP contribution in [0.3, 0.4) is 0 Å². The van der Waals surface area contributed by atoms with Crippen molar-refractivity contribution in [2.45, 2.75) is 13.2 Å². The van der Waals surface area contributed by atoms with Crippen molar-refractivity contribution in [1.82, 2.24) is 15.1 Å². The number of benzene rings is 2. The van der Waals surface area contributed by atoms with Crippen molar-refractivity contribution >= 4 is 34.8 Å². The fourth-order valence-corrected chi connectivity index (χ4v) is 3.54. The van der Waals surface area contributed by atoms with Crippen LogP contribution in [-0.2, 0) is 17.9 Å². The van der Waals surface area contributed by atoms with Crippen LogP contribution in [0.1, 0.15) is 11.1 Å². The molecule has 1 fully saturated rings. The molecule has 0 aliphatic carbocycles. The lowest BCUT2D eigenvalue weighted by molar-refractivity contribution is -0.125. The first-order valence-electron chi connectivity index (χ1n) is 9.52. The van der Waals surface area contributed by atoms with Crippen molar-refractivity contribution in [3.8, 4) is 5.75 Å². The topological polar surface area (TPSA) is 67.4 Å². The SMILES string of the molecule is O=C(Nc1ccnnc1)C1CN(Cc2ccc(OCc3ccc(Cl)c(Cl)c3)cc2)C1. The Morgan fingerprint density at radius 2 is 1.80 bits per heavy atom. The summed E-state index contributed by atoms with van der Waals surface area (Å²) in [5, 5.41) is 11.4. The summed E-state index contributed by atoms with van der Waals surface area (Å²) < 4.78 is 5.81. The van der Waals surface area contributed by atoms with E-state index in [-0.39, 0.29) is 11.8 Å². The highest BCUT2D eigenvalue weighted by atomic mass is 35.5. The second-order valence-electron chi connectivity index (χ2n) is 7.19. The van der Waals surface area contributed by atoms with Crippen LogP contribution in [-0.4, -0.2) is 34.1 Å². The lowest BCUT2D eigenvalue weighted by Crippen LogP contribution is -2.51. The summed E-state index contributed by atoms with van der Waals surface area (Å²) in [5.41, 5.74) is 2.81. The number of amides is 1. The van der Waals surface area contributed by atoms with Crippen molar-refractivity contribution in [2.75, 3.05) is 18.4 Å². The van der Waals surface area contributed by atoms with Gasteiger partial charge in [0.05, 0.1) is 34.0 Å². The molecule has 1 amide bonds. The van der Waals surface area contributed by atoms with Crippen molar-refractivity contribution in [3.63, 3.8) is 0 Å². The monoisotopic (exact) mass is 442 g/mol. The number of hydrogen-bond donors (Lipinski definition) is 1. The molecule has 1 aliphatic heterocycles. The van der Waals surface area contributed by atoms with E-state index < -0.39 is 0 Å². The molecule has 1 saturated heterocycles. The molecular formula is C22H20Cl2N4O2. The smallest absolute Gasteiger partial charge is 0.230 e. The minimum absolute atomic E-state index is 0.00743. The van der Waals surface area contributed by atoms with Gasteiger partial charge >= 0.3 is 0 Å². The third kappa shape index (κ3) is 5.27. The van der Waals surface area contributed by atoms with E-state index in [1.807, 2.05) is 30.3 Å². The Kier molecular flexibility index (Phi) is 6.47. The van der Waals surface area contributed by atoms with Crippen LogP contribution < -0.4 is 10.1 Å². The van der Waals surface area contributed by atoms with Gasteiger partial charge in [-0.05, 0) is 41.5 Å². The first-order chi connectivity index (χ1) is 14.6. The molecule has 1 aromatic heterocycles. The number of aromatic nitrogens is 2. The molecule has 1 N–H and O–H groups in total. The van der Waals surface area contributed by atoms with Gasteiger partial charge in [0.15, 0.2) is 0 Å². The average molecular weight is 443 g/mol. The molecule has 0 radical (unpaired) electrons. The van der Waals surface area contributed by atoms with Gasteiger partial charge in [-0.15, -0.1) is 0 Å². The van der Waals surface area contributed by atoms with Gasteiger partial charge in [0.1, 0.15) is 12.4 Å². The summed E-state index contributed by atoms with van der Waals surface area (Å²) in [7, 11) is 0. The first kappa shape index (κ1) is 20.6. The van der Waals surface area contributed by atoms with Crippen LogP contribution in [0.15, 0.2) is 60.9 Å². The average Bonchev–Trinajstić information content (AvgIpc) is 2.73. The number of anilines is 1. The summed E-state index contributed by atoms with van der Waals surface area (Å²) >= 11 is 12.0. The molecule has 4 rings (SSSR count). The van der Waals surface area contributed by atoms with E-state index in [0.29, 0.717) is 22.3 Å². The van der Waals surface area contributed by atoms with Crippen molar-refractivity contribution in [2.24, 2.45) is 5.92 Å². The van der Waals surface area contributed by atoms with Crippen LogP contribution in [0.25, 0.3) is 0 Å². The maximum absolute atomic E-state index is 12.2. The van der Waals surface area contributed by atoms with E-state index >= 15 is 0 Å². The standard InChI is InChI=1S/C22H20Cl2N4O2/c23-20-6-3-16(9-21(20)24)14-30-19-4-1-15(2-5-19)11-28-12-17(13-28)22(29)27-18-7-8-25-26-10-18/h1-10,17H,11-14H2,(H,25,27,29). The summed E-state index contributed by atoms with van der Waals surface area (Å²) in [6.45, 7) is 2.69. The molecule has 0 bridgehead atoms. The maximum Gasteiger partial charge on any atom is 0.230 e. The third-order valence-corrected chi connectivity index (χ3v) is 5.64. The molecule has 0 spiro atoms. The van der Waals surface area contributed by atoms with Crippen molar-refractivity contribution < 1.29 is 9.53 Å². The number of rotatable bonds is 7. The molecular weight excluding hydrogens is 423 g/mol. The zero-order valence-electron chi connectivity index (χ0n) is 16.1. The fraction of sp³-hybridized carbons (Fsp3) is 0.227. The number of nitrogens with one attached hydrogen (secondary N) is 1. The predicted molar refractivity (Wildman–Crippen MR) is 117 cm³/mol. The molecule has 0 saturated carbocycles. The molecule has 3 aromatic rings. The number of nitrogens with zero attached hydrogens (tertiary/aromatic N) is 3. The van der Waals surface area contributed by atoms with Crippen LogP contribution in [0, 0.1) is 5.92 Å². The van der Waals surface area contributed by atoms with Gasteiger partial charge < -0.3 is 10.1 Å². The first-order valence-corrected chi connectivity index (χ1v) is 10.3. The number of hydrogen-bond acceptors (Lipinski definition) is 5. The minimum atomic E-state index is -0.00743. The Morgan fingerprint density at radius 1 is 1.03 bits per heavy atom. The van der Waals surface area contributed by atoms with Crippen molar-refractivity contribution in [1.29, 1.82) is 0 Å². The minimum Gasteiger partial charge on any atom is -0.489 e. The van der Waals surface area contributed by atoms with Crippen LogP contribution in [0.2, 0.25) is 10.0 Å². The van der Waals surface area contributed by atoms with E-state index in [9.17, 15) is 4.79 Å². The Morgan fingerprint density at radius 3 is 2.50 bits per heavy atom. The molecule has 0 atom stereocenters. The summed E-state index contributed by atoms with van der Waals surface area (Å²) in [6.07, 6.45) is 3.10. The Hall–Kier alpha value is -2.67. The summed E-state index contributed by atoms with van der Waals surface area (Å²) in [4.78, 5) is 14.5. The van der Waals surface area contributed by atoms with Gasteiger partial charge in [-0.25, -0.2) is 0 Å². The number of carbonyl (C=O) groups is 1. The molecule has 0 unspecified atom stereocenters. The quantitative estimate of drug-likeness (QED) is 0.585. The highest BCUT2D eigenvalue weighted by Gasteiger charge is 2.32. The number of likely N-dealkylation sites (tertiary alicyclic amines) is 1. The van der Waals surface area contributed by atoms with Gasteiger partial charge in [-0.1, -0.05) is 41.4 Å². The zero-order chi connectivity index (χ0) is 20.9. The zero-order valence-corrected chi connectivity index (χ0v) is 17.6. The van der Waals surface area contributed by atoms with Crippen LogP contribution >= 0.6 is 23.2 Å². The predicted octanol–water partition coefficient (Wildman–Crippen LogP) is 4.43. The number of halogens is 2. The van der Waals surface area contributed by atoms with E-state index in [4.69, 9.17) is 27.9 Å². The summed E-state index contributed by atoms with van der Waals surface area (Å²) in [6, 6.07) is 15.2. The highest BCUT2D eigenvalue weighted by Crippen LogP contribution is 2.24. The van der Waals surface area contributed by atoms with Crippen LogP contribution in [0.5, 0.6) is 5.75 Å². The second kappa shape index (κ2) is 9.43. The largest absolute Gasteiger partial charge is 0.489 e.